The Morgan fingerprint density at radius 2 is 2.25 bits per heavy atom. The van der Waals surface area contributed by atoms with Gasteiger partial charge in [-0.2, -0.15) is 0 Å². The van der Waals surface area contributed by atoms with Crippen LogP contribution in [0.2, 0.25) is 0 Å². The lowest BCUT2D eigenvalue weighted by molar-refractivity contribution is 0.476. The fourth-order valence-corrected chi connectivity index (χ4v) is 2.37. The molecule has 3 nitrogen and oxygen atoms in total. The molecule has 16 heavy (non-hydrogen) atoms. The summed E-state index contributed by atoms with van der Waals surface area (Å²) >= 11 is 0. The highest BCUT2D eigenvalue weighted by Gasteiger charge is 2.26. The zero-order valence-corrected chi connectivity index (χ0v) is 10.0. The van der Waals surface area contributed by atoms with E-state index in [9.17, 15) is 0 Å². The highest BCUT2D eigenvalue weighted by Crippen LogP contribution is 2.36. The number of imidazole rings is 1. The zero-order valence-electron chi connectivity index (χ0n) is 10.0. The number of aromatic nitrogens is 2. The predicted molar refractivity (Wildman–Crippen MR) is 64.1 cm³/mol. The Morgan fingerprint density at radius 1 is 1.44 bits per heavy atom. The van der Waals surface area contributed by atoms with Crippen molar-refractivity contribution >= 4 is 0 Å². The summed E-state index contributed by atoms with van der Waals surface area (Å²) in [5.41, 5.74) is 1.35. The van der Waals surface area contributed by atoms with Crippen LogP contribution in [-0.2, 0) is 6.54 Å². The maximum atomic E-state index is 4.26. The summed E-state index contributed by atoms with van der Waals surface area (Å²) in [6.45, 7) is 3.28. The summed E-state index contributed by atoms with van der Waals surface area (Å²) in [6, 6.07) is 1.40. The molecule has 0 bridgehead atoms. The van der Waals surface area contributed by atoms with E-state index in [1.54, 1.807) is 0 Å². The first-order valence-corrected chi connectivity index (χ1v) is 6.57. The average molecular weight is 219 g/mol. The van der Waals surface area contributed by atoms with Gasteiger partial charge in [-0.3, -0.25) is 0 Å². The summed E-state index contributed by atoms with van der Waals surface area (Å²) in [5.74, 6) is 1.01. The highest BCUT2D eigenvalue weighted by molar-refractivity contribution is 5.03. The molecular weight excluding hydrogens is 198 g/mol. The standard InChI is InChI=1S/C13H21N3/c1-10(6-11-2-3-11)15-8-13-7-14-9-16(13)12-4-5-12/h7,9-12,15H,2-6,8H2,1H3. The molecule has 1 aromatic heterocycles. The third-order valence-corrected chi connectivity index (χ3v) is 3.70. The summed E-state index contributed by atoms with van der Waals surface area (Å²) < 4.78 is 2.34. The molecule has 1 N–H and O–H groups in total. The van der Waals surface area contributed by atoms with Crippen molar-refractivity contribution in [3.63, 3.8) is 0 Å². The quantitative estimate of drug-likeness (QED) is 0.796. The first-order valence-electron chi connectivity index (χ1n) is 6.57. The number of hydrogen-bond donors (Lipinski definition) is 1. The van der Waals surface area contributed by atoms with Crippen molar-refractivity contribution < 1.29 is 0 Å². The van der Waals surface area contributed by atoms with Crippen LogP contribution in [0.15, 0.2) is 12.5 Å². The van der Waals surface area contributed by atoms with Crippen LogP contribution in [0.5, 0.6) is 0 Å². The molecule has 0 saturated heterocycles. The molecule has 2 fully saturated rings. The average Bonchev–Trinajstić information content (AvgIpc) is 3.18. The summed E-state index contributed by atoms with van der Waals surface area (Å²) in [6.07, 6.45) is 10.9. The lowest BCUT2D eigenvalue weighted by atomic mass is 10.1. The van der Waals surface area contributed by atoms with Crippen molar-refractivity contribution in [3.8, 4) is 0 Å². The molecule has 2 aliphatic carbocycles. The number of hydrogen-bond acceptors (Lipinski definition) is 2. The summed E-state index contributed by atoms with van der Waals surface area (Å²) in [4.78, 5) is 4.26. The Morgan fingerprint density at radius 3 is 2.94 bits per heavy atom. The minimum Gasteiger partial charge on any atom is -0.330 e. The molecule has 2 aliphatic rings. The number of rotatable bonds is 6. The maximum Gasteiger partial charge on any atom is 0.0951 e. The molecular formula is C13H21N3. The third-order valence-electron chi connectivity index (χ3n) is 3.70. The minimum absolute atomic E-state index is 0.648. The lowest BCUT2D eigenvalue weighted by Gasteiger charge is -2.14. The van der Waals surface area contributed by atoms with Crippen molar-refractivity contribution in [2.45, 2.75) is 57.7 Å². The molecule has 1 aromatic rings. The smallest absolute Gasteiger partial charge is 0.0951 e. The fraction of sp³-hybridized carbons (Fsp3) is 0.769. The molecule has 0 amide bonds. The zero-order chi connectivity index (χ0) is 11.0. The Kier molecular flexibility index (Phi) is 2.72. The van der Waals surface area contributed by atoms with Crippen LogP contribution in [0, 0.1) is 5.92 Å². The van der Waals surface area contributed by atoms with E-state index >= 15 is 0 Å². The Labute approximate surface area is 97.3 Å². The second-order valence-corrected chi connectivity index (χ2v) is 5.48. The van der Waals surface area contributed by atoms with Gasteiger partial charge in [0, 0.05) is 24.8 Å². The Hall–Kier alpha value is -0.830. The first kappa shape index (κ1) is 10.3. The molecule has 0 aliphatic heterocycles. The highest BCUT2D eigenvalue weighted by atomic mass is 15.1. The van der Waals surface area contributed by atoms with Gasteiger partial charge in [0.25, 0.3) is 0 Å². The summed E-state index contributed by atoms with van der Waals surface area (Å²) in [5, 5.41) is 3.62. The van der Waals surface area contributed by atoms with E-state index in [4.69, 9.17) is 0 Å². The van der Waals surface area contributed by atoms with Gasteiger partial charge in [0.2, 0.25) is 0 Å². The van der Waals surface area contributed by atoms with Gasteiger partial charge in [0.05, 0.1) is 12.0 Å². The molecule has 0 spiro atoms. The lowest BCUT2D eigenvalue weighted by Crippen LogP contribution is -2.26. The second kappa shape index (κ2) is 4.21. The van der Waals surface area contributed by atoms with Gasteiger partial charge in [0.1, 0.15) is 0 Å². The van der Waals surface area contributed by atoms with Crippen molar-refractivity contribution in [1.29, 1.82) is 0 Å². The van der Waals surface area contributed by atoms with Crippen LogP contribution in [0.25, 0.3) is 0 Å². The Bertz CT molecular complexity index is 350. The van der Waals surface area contributed by atoms with Crippen LogP contribution in [0.4, 0.5) is 0 Å². The van der Waals surface area contributed by atoms with E-state index in [-0.39, 0.29) is 0 Å². The van der Waals surface area contributed by atoms with Gasteiger partial charge < -0.3 is 9.88 Å². The number of nitrogens with one attached hydrogen (secondary N) is 1. The van der Waals surface area contributed by atoms with E-state index in [1.807, 2.05) is 12.5 Å². The van der Waals surface area contributed by atoms with Crippen molar-refractivity contribution in [2.24, 2.45) is 5.92 Å². The van der Waals surface area contributed by atoms with E-state index < -0.39 is 0 Å². The maximum absolute atomic E-state index is 4.26. The van der Waals surface area contributed by atoms with E-state index in [1.165, 1.54) is 37.8 Å². The molecule has 2 saturated carbocycles. The molecule has 1 heterocycles. The molecule has 0 aromatic carbocycles. The van der Waals surface area contributed by atoms with Crippen LogP contribution in [-0.4, -0.2) is 15.6 Å². The van der Waals surface area contributed by atoms with Gasteiger partial charge in [-0.25, -0.2) is 4.98 Å². The normalized spacial score (nSPS) is 22.3. The molecule has 88 valence electrons. The van der Waals surface area contributed by atoms with Crippen LogP contribution in [0.1, 0.15) is 50.8 Å². The largest absolute Gasteiger partial charge is 0.330 e. The first-order chi connectivity index (χ1) is 7.83. The molecule has 0 radical (unpaired) electrons. The molecule has 3 rings (SSSR count). The topological polar surface area (TPSA) is 29.9 Å². The molecule has 1 atom stereocenters. The van der Waals surface area contributed by atoms with E-state index in [0.29, 0.717) is 6.04 Å². The van der Waals surface area contributed by atoms with Gasteiger partial charge in [-0.05, 0) is 32.1 Å². The minimum atomic E-state index is 0.648. The van der Waals surface area contributed by atoms with Crippen molar-refractivity contribution in [2.75, 3.05) is 0 Å². The monoisotopic (exact) mass is 219 g/mol. The van der Waals surface area contributed by atoms with E-state index in [0.717, 1.165) is 18.5 Å². The molecule has 3 heteroatoms. The van der Waals surface area contributed by atoms with Gasteiger partial charge >= 0.3 is 0 Å². The fourth-order valence-electron chi connectivity index (χ4n) is 2.37. The number of nitrogens with zero attached hydrogens (tertiary/aromatic N) is 2. The van der Waals surface area contributed by atoms with Crippen molar-refractivity contribution in [3.05, 3.63) is 18.2 Å². The summed E-state index contributed by atoms with van der Waals surface area (Å²) in [7, 11) is 0. The van der Waals surface area contributed by atoms with Crippen molar-refractivity contribution in [1.82, 2.24) is 14.9 Å². The van der Waals surface area contributed by atoms with Crippen LogP contribution in [0.3, 0.4) is 0 Å². The van der Waals surface area contributed by atoms with Crippen LogP contribution < -0.4 is 5.32 Å². The second-order valence-electron chi connectivity index (χ2n) is 5.48. The Balaban J connectivity index is 1.50. The van der Waals surface area contributed by atoms with Gasteiger partial charge in [-0.1, -0.05) is 12.8 Å². The predicted octanol–water partition coefficient (Wildman–Crippen LogP) is 2.50. The molecule has 1 unspecified atom stereocenters. The van der Waals surface area contributed by atoms with Gasteiger partial charge in [0.15, 0.2) is 0 Å². The van der Waals surface area contributed by atoms with Crippen LogP contribution >= 0.6 is 0 Å². The van der Waals surface area contributed by atoms with E-state index in [2.05, 4.69) is 21.8 Å². The third kappa shape index (κ3) is 2.46. The van der Waals surface area contributed by atoms with Gasteiger partial charge in [-0.15, -0.1) is 0 Å². The SMILES string of the molecule is CC(CC1CC1)NCc1cncn1C1CC1.